The van der Waals surface area contributed by atoms with E-state index in [-0.39, 0.29) is 5.91 Å². The lowest BCUT2D eigenvalue weighted by Gasteiger charge is -2.09. The molecular weight excluding hydrogens is 302 g/mol. The Labute approximate surface area is 141 Å². The molecule has 3 rings (SSSR count). The minimum atomic E-state index is -0.189. The van der Waals surface area contributed by atoms with Gasteiger partial charge in [0.05, 0.1) is 12.7 Å². The highest BCUT2D eigenvalue weighted by atomic mass is 16.5. The predicted octanol–water partition coefficient (Wildman–Crippen LogP) is 3.95. The number of nitrogens with one attached hydrogen (secondary N) is 1. The number of rotatable bonds is 5. The lowest BCUT2D eigenvalue weighted by Crippen LogP contribution is -2.12. The molecule has 0 atom stereocenters. The van der Waals surface area contributed by atoms with Gasteiger partial charge in [-0.25, -0.2) is 4.98 Å². The summed E-state index contributed by atoms with van der Waals surface area (Å²) in [7, 11) is 1.54. The van der Waals surface area contributed by atoms with Gasteiger partial charge in [0.1, 0.15) is 0 Å². The molecule has 2 heterocycles. The van der Waals surface area contributed by atoms with Crippen LogP contribution in [-0.2, 0) is 6.54 Å². The monoisotopic (exact) mass is 323 g/mol. The maximum atomic E-state index is 12.3. The molecule has 5 nitrogen and oxygen atoms in total. The number of pyridine rings is 1. The third-order valence-electron chi connectivity index (χ3n) is 3.80. The lowest BCUT2D eigenvalue weighted by molar-refractivity contribution is 0.102. The van der Waals surface area contributed by atoms with Gasteiger partial charge < -0.3 is 14.6 Å². The standard InChI is InChI=1S/C19H21N3O2/c1-13(2)12-22-9-8-14-10-16(5-6-17(14)22)21-19(23)15-4-7-18(24-3)20-11-15/h4-11,13H,12H2,1-3H3,(H,21,23). The first kappa shape index (κ1) is 16.1. The average Bonchev–Trinajstić information content (AvgIpc) is 2.96. The summed E-state index contributed by atoms with van der Waals surface area (Å²) in [6.45, 7) is 5.37. The zero-order chi connectivity index (χ0) is 17.1. The SMILES string of the molecule is COc1ccc(C(=O)Nc2ccc3c(ccn3CC(C)C)c2)cn1. The number of anilines is 1. The average molecular weight is 323 g/mol. The molecule has 1 N–H and O–H groups in total. The van der Waals surface area contributed by atoms with Crippen molar-refractivity contribution in [2.45, 2.75) is 20.4 Å². The number of fused-ring (bicyclic) bond motifs is 1. The summed E-state index contributed by atoms with van der Waals surface area (Å²) in [5.74, 6) is 0.883. The molecule has 24 heavy (non-hydrogen) atoms. The lowest BCUT2D eigenvalue weighted by atomic mass is 10.2. The fourth-order valence-electron chi connectivity index (χ4n) is 2.67. The van der Waals surface area contributed by atoms with Crippen LogP contribution >= 0.6 is 0 Å². The first-order valence-electron chi connectivity index (χ1n) is 7.97. The van der Waals surface area contributed by atoms with Gasteiger partial charge in [-0.05, 0) is 36.2 Å². The summed E-state index contributed by atoms with van der Waals surface area (Å²) in [5.41, 5.74) is 2.44. The number of hydrogen-bond acceptors (Lipinski definition) is 3. The van der Waals surface area contributed by atoms with Crippen LogP contribution < -0.4 is 10.1 Å². The summed E-state index contributed by atoms with van der Waals surface area (Å²) in [6, 6.07) is 11.4. The van der Waals surface area contributed by atoms with Crippen LogP contribution in [0.3, 0.4) is 0 Å². The number of carbonyl (C=O) groups is 1. The number of methoxy groups -OCH3 is 1. The molecule has 124 valence electrons. The topological polar surface area (TPSA) is 56.1 Å². The number of amides is 1. The number of carbonyl (C=O) groups excluding carboxylic acids is 1. The second-order valence-corrected chi connectivity index (χ2v) is 6.18. The highest BCUT2D eigenvalue weighted by Crippen LogP contribution is 2.22. The largest absolute Gasteiger partial charge is 0.481 e. The summed E-state index contributed by atoms with van der Waals surface area (Å²) >= 11 is 0. The van der Waals surface area contributed by atoms with Crippen LogP contribution in [0, 0.1) is 5.92 Å². The third-order valence-corrected chi connectivity index (χ3v) is 3.80. The van der Waals surface area contributed by atoms with Gasteiger partial charge in [-0.15, -0.1) is 0 Å². The Balaban J connectivity index is 1.78. The number of benzene rings is 1. The van der Waals surface area contributed by atoms with Crippen LogP contribution in [0.5, 0.6) is 5.88 Å². The van der Waals surface area contributed by atoms with E-state index in [4.69, 9.17) is 4.74 Å². The van der Waals surface area contributed by atoms with E-state index < -0.39 is 0 Å². The quantitative estimate of drug-likeness (QED) is 0.773. The van der Waals surface area contributed by atoms with Gasteiger partial charge in [-0.1, -0.05) is 13.8 Å². The van der Waals surface area contributed by atoms with Gasteiger partial charge in [0.25, 0.3) is 5.91 Å². The van der Waals surface area contributed by atoms with Gasteiger partial charge in [-0.2, -0.15) is 0 Å². The van der Waals surface area contributed by atoms with Crippen molar-refractivity contribution in [3.05, 3.63) is 54.4 Å². The molecule has 0 aliphatic heterocycles. The number of ether oxygens (including phenoxy) is 1. The second kappa shape index (κ2) is 6.74. The van der Waals surface area contributed by atoms with E-state index in [1.54, 1.807) is 19.2 Å². The molecule has 0 bridgehead atoms. The maximum Gasteiger partial charge on any atom is 0.257 e. The van der Waals surface area contributed by atoms with Crippen molar-refractivity contribution in [1.82, 2.24) is 9.55 Å². The highest BCUT2D eigenvalue weighted by molar-refractivity contribution is 6.05. The van der Waals surface area contributed by atoms with Gasteiger partial charge >= 0.3 is 0 Å². The van der Waals surface area contributed by atoms with E-state index in [0.717, 1.165) is 17.6 Å². The van der Waals surface area contributed by atoms with Crippen LogP contribution in [0.1, 0.15) is 24.2 Å². The minimum Gasteiger partial charge on any atom is -0.481 e. The van der Waals surface area contributed by atoms with Gasteiger partial charge in [-0.3, -0.25) is 4.79 Å². The Kier molecular flexibility index (Phi) is 4.51. The first-order chi connectivity index (χ1) is 11.6. The van der Waals surface area contributed by atoms with Crippen molar-refractivity contribution in [2.75, 3.05) is 12.4 Å². The van der Waals surface area contributed by atoms with Crippen LogP contribution in [0.4, 0.5) is 5.69 Å². The summed E-state index contributed by atoms with van der Waals surface area (Å²) in [6.07, 6.45) is 3.59. The Bertz CT molecular complexity index is 851. The van der Waals surface area contributed by atoms with E-state index in [1.165, 1.54) is 11.7 Å². The van der Waals surface area contributed by atoms with Crippen LogP contribution in [0.15, 0.2) is 48.8 Å². The van der Waals surface area contributed by atoms with E-state index in [0.29, 0.717) is 17.4 Å². The summed E-state index contributed by atoms with van der Waals surface area (Å²) in [5, 5.41) is 4.02. The molecule has 5 heteroatoms. The second-order valence-electron chi connectivity index (χ2n) is 6.18. The number of nitrogens with zero attached hydrogens (tertiary/aromatic N) is 2. The molecule has 0 fully saturated rings. The van der Waals surface area contributed by atoms with Crippen LogP contribution in [-0.4, -0.2) is 22.6 Å². The van der Waals surface area contributed by atoms with E-state index in [1.807, 2.05) is 18.2 Å². The summed E-state index contributed by atoms with van der Waals surface area (Å²) < 4.78 is 7.24. The molecule has 0 aliphatic rings. The molecule has 0 spiro atoms. The molecule has 2 aromatic heterocycles. The number of aromatic nitrogens is 2. The van der Waals surface area contributed by atoms with E-state index in [2.05, 4.69) is 41.0 Å². The smallest absolute Gasteiger partial charge is 0.257 e. The molecule has 0 radical (unpaired) electrons. The Morgan fingerprint density at radius 2 is 2.08 bits per heavy atom. The molecule has 1 amide bonds. The molecular formula is C19H21N3O2. The Hall–Kier alpha value is -2.82. The van der Waals surface area contributed by atoms with E-state index >= 15 is 0 Å². The van der Waals surface area contributed by atoms with Gasteiger partial charge in [0.2, 0.25) is 5.88 Å². The first-order valence-corrected chi connectivity index (χ1v) is 7.97. The fourth-order valence-corrected chi connectivity index (χ4v) is 2.67. The number of hydrogen-bond donors (Lipinski definition) is 1. The van der Waals surface area contributed by atoms with Crippen molar-refractivity contribution in [2.24, 2.45) is 5.92 Å². The van der Waals surface area contributed by atoms with Gasteiger partial charge in [0, 0.05) is 41.6 Å². The minimum absolute atomic E-state index is 0.189. The maximum absolute atomic E-state index is 12.3. The van der Waals surface area contributed by atoms with Gasteiger partial charge in [0.15, 0.2) is 0 Å². The highest BCUT2D eigenvalue weighted by Gasteiger charge is 2.09. The van der Waals surface area contributed by atoms with Crippen molar-refractivity contribution < 1.29 is 9.53 Å². The van der Waals surface area contributed by atoms with Crippen LogP contribution in [0.2, 0.25) is 0 Å². The van der Waals surface area contributed by atoms with E-state index in [9.17, 15) is 4.79 Å². The molecule has 0 saturated carbocycles. The normalized spacial score (nSPS) is 11.0. The summed E-state index contributed by atoms with van der Waals surface area (Å²) in [4.78, 5) is 16.4. The molecule has 0 saturated heterocycles. The van der Waals surface area contributed by atoms with Crippen molar-refractivity contribution in [3.8, 4) is 5.88 Å². The van der Waals surface area contributed by atoms with Crippen molar-refractivity contribution in [1.29, 1.82) is 0 Å². The van der Waals surface area contributed by atoms with Crippen LogP contribution in [0.25, 0.3) is 10.9 Å². The Morgan fingerprint density at radius 3 is 2.75 bits per heavy atom. The molecule has 0 aliphatic carbocycles. The molecule has 3 aromatic rings. The Morgan fingerprint density at radius 1 is 1.25 bits per heavy atom. The zero-order valence-corrected chi connectivity index (χ0v) is 14.1. The van der Waals surface area contributed by atoms with Crippen molar-refractivity contribution in [3.63, 3.8) is 0 Å². The fraction of sp³-hybridized carbons (Fsp3) is 0.263. The molecule has 1 aromatic carbocycles. The zero-order valence-electron chi connectivity index (χ0n) is 14.1. The molecule has 0 unspecified atom stereocenters. The third kappa shape index (κ3) is 3.40. The van der Waals surface area contributed by atoms with Crippen molar-refractivity contribution >= 4 is 22.5 Å². The predicted molar refractivity (Wildman–Crippen MR) is 95.5 cm³/mol.